The van der Waals surface area contributed by atoms with Gasteiger partial charge < -0.3 is 20.1 Å². The molecule has 1 aromatic heterocycles. The Hall–Kier alpha value is -2.38. The summed E-state index contributed by atoms with van der Waals surface area (Å²) >= 11 is 1.68. The molecule has 144 valence electrons. The Morgan fingerprint density at radius 2 is 1.93 bits per heavy atom. The molecule has 6 nitrogen and oxygen atoms in total. The maximum Gasteiger partial charge on any atom is 0.309 e. The van der Waals surface area contributed by atoms with Crippen LogP contribution in [0.3, 0.4) is 0 Å². The van der Waals surface area contributed by atoms with E-state index < -0.39 is 11.8 Å². The second-order valence-corrected chi connectivity index (χ2v) is 7.53. The fraction of sp³-hybridized carbons (Fsp3) is 0.400. The van der Waals surface area contributed by atoms with Crippen LogP contribution in [0, 0.1) is 0 Å². The first-order valence-electron chi connectivity index (χ1n) is 8.94. The van der Waals surface area contributed by atoms with Gasteiger partial charge in [0.2, 0.25) is 0 Å². The topological polar surface area (TPSA) is 76.7 Å². The average Bonchev–Trinajstić information content (AvgIpc) is 3.26. The van der Waals surface area contributed by atoms with Crippen LogP contribution in [-0.2, 0) is 26.3 Å². The van der Waals surface area contributed by atoms with Crippen LogP contribution < -0.4 is 15.4 Å². The molecule has 1 saturated heterocycles. The van der Waals surface area contributed by atoms with Gasteiger partial charge in [-0.25, -0.2) is 0 Å². The molecule has 1 fully saturated rings. The molecule has 0 radical (unpaired) electrons. The molecule has 0 saturated carbocycles. The van der Waals surface area contributed by atoms with Gasteiger partial charge in [-0.05, 0) is 42.0 Å². The largest absolute Gasteiger partial charge is 0.497 e. The van der Waals surface area contributed by atoms with Gasteiger partial charge in [0.05, 0.1) is 7.11 Å². The monoisotopic (exact) mass is 388 g/mol. The van der Waals surface area contributed by atoms with Crippen molar-refractivity contribution in [2.24, 2.45) is 0 Å². The number of amides is 2. The summed E-state index contributed by atoms with van der Waals surface area (Å²) in [5.74, 6) is -0.532. The quantitative estimate of drug-likeness (QED) is 0.744. The van der Waals surface area contributed by atoms with Gasteiger partial charge in [-0.2, -0.15) is 0 Å². The van der Waals surface area contributed by atoms with E-state index in [9.17, 15) is 9.59 Å². The molecule has 7 heteroatoms. The van der Waals surface area contributed by atoms with Crippen molar-refractivity contribution in [1.82, 2.24) is 10.6 Å². The van der Waals surface area contributed by atoms with E-state index >= 15 is 0 Å². The summed E-state index contributed by atoms with van der Waals surface area (Å²) in [7, 11) is 1.59. The zero-order valence-electron chi connectivity index (χ0n) is 15.3. The minimum absolute atomic E-state index is 0.158. The number of methoxy groups -OCH3 is 1. The molecule has 1 aromatic carbocycles. The number of rotatable bonds is 6. The normalized spacial score (nSPS) is 15.7. The predicted molar refractivity (Wildman–Crippen MR) is 104 cm³/mol. The average molecular weight is 388 g/mol. The van der Waals surface area contributed by atoms with Crippen molar-refractivity contribution in [2.75, 3.05) is 26.9 Å². The van der Waals surface area contributed by atoms with Crippen molar-refractivity contribution in [1.29, 1.82) is 0 Å². The predicted octanol–water partition coefficient (Wildman–Crippen LogP) is 2.24. The highest BCUT2D eigenvalue weighted by molar-refractivity contribution is 7.10. The summed E-state index contributed by atoms with van der Waals surface area (Å²) in [6, 6.07) is 11.5. The Bertz CT molecular complexity index is 770. The van der Waals surface area contributed by atoms with Gasteiger partial charge in [0.25, 0.3) is 0 Å². The SMILES string of the molecule is COc1cccc(CNC(=O)C(=O)NCC2(c3cccs3)CCOCC2)c1. The van der Waals surface area contributed by atoms with E-state index in [0.717, 1.165) is 18.4 Å². The molecule has 2 N–H and O–H groups in total. The van der Waals surface area contributed by atoms with Crippen molar-refractivity contribution >= 4 is 23.2 Å². The molecule has 0 aliphatic carbocycles. The molecule has 0 unspecified atom stereocenters. The molecule has 1 aliphatic heterocycles. The zero-order chi connectivity index (χ0) is 19.1. The molecular formula is C20H24N2O4S. The van der Waals surface area contributed by atoms with Crippen molar-refractivity contribution in [3.05, 3.63) is 52.2 Å². The molecule has 3 rings (SSSR count). The van der Waals surface area contributed by atoms with Crippen molar-refractivity contribution in [3.8, 4) is 5.75 Å². The third-order valence-electron chi connectivity index (χ3n) is 4.87. The molecule has 0 bridgehead atoms. The van der Waals surface area contributed by atoms with E-state index in [1.165, 1.54) is 4.88 Å². The van der Waals surface area contributed by atoms with E-state index in [1.807, 2.05) is 35.7 Å². The first-order chi connectivity index (χ1) is 13.1. The van der Waals surface area contributed by atoms with Crippen LogP contribution in [0.5, 0.6) is 5.75 Å². The third-order valence-corrected chi connectivity index (χ3v) is 5.99. The Balaban J connectivity index is 1.55. The molecule has 1 aliphatic rings. The Morgan fingerprint density at radius 1 is 1.15 bits per heavy atom. The first-order valence-corrected chi connectivity index (χ1v) is 9.82. The summed E-state index contributed by atoms with van der Waals surface area (Å²) in [6.45, 7) is 2.03. The van der Waals surface area contributed by atoms with Crippen molar-refractivity contribution < 1.29 is 19.1 Å². The molecular weight excluding hydrogens is 364 g/mol. The van der Waals surface area contributed by atoms with Crippen molar-refractivity contribution in [3.63, 3.8) is 0 Å². The molecule has 0 atom stereocenters. The van der Waals surface area contributed by atoms with Crippen LogP contribution in [0.1, 0.15) is 23.3 Å². The number of nitrogens with one attached hydrogen (secondary N) is 2. The third kappa shape index (κ3) is 4.87. The Kier molecular flexibility index (Phi) is 6.47. The van der Waals surface area contributed by atoms with Gasteiger partial charge in [0, 0.05) is 36.6 Å². The minimum atomic E-state index is -0.633. The molecule has 2 heterocycles. The number of benzene rings is 1. The summed E-state index contributed by atoms with van der Waals surface area (Å²) in [4.78, 5) is 25.6. The van der Waals surface area contributed by atoms with E-state index in [4.69, 9.17) is 9.47 Å². The maximum atomic E-state index is 12.3. The number of carbonyl (C=O) groups excluding carboxylic acids is 2. The smallest absolute Gasteiger partial charge is 0.309 e. The van der Waals surface area contributed by atoms with Gasteiger partial charge >= 0.3 is 11.8 Å². The number of hydrogen-bond acceptors (Lipinski definition) is 5. The molecule has 2 amide bonds. The summed E-state index contributed by atoms with van der Waals surface area (Å²) in [5, 5.41) is 7.51. The molecule has 2 aromatic rings. The lowest BCUT2D eigenvalue weighted by Gasteiger charge is -2.36. The minimum Gasteiger partial charge on any atom is -0.497 e. The van der Waals surface area contributed by atoms with Gasteiger partial charge in [0.1, 0.15) is 5.75 Å². The fourth-order valence-electron chi connectivity index (χ4n) is 3.23. The lowest BCUT2D eigenvalue weighted by Crippen LogP contribution is -2.48. The summed E-state index contributed by atoms with van der Waals surface area (Å²) in [6.07, 6.45) is 1.67. The first kappa shape index (κ1) is 19.4. The fourth-order valence-corrected chi connectivity index (χ4v) is 4.21. The van der Waals surface area contributed by atoms with E-state index in [2.05, 4.69) is 16.7 Å². The highest BCUT2D eigenvalue weighted by Gasteiger charge is 2.36. The highest BCUT2D eigenvalue weighted by atomic mass is 32.1. The number of thiophene rings is 1. The summed E-state index contributed by atoms with van der Waals surface area (Å²) < 4.78 is 10.6. The van der Waals surface area contributed by atoms with Crippen LogP contribution in [0.15, 0.2) is 41.8 Å². The van der Waals surface area contributed by atoms with Gasteiger partial charge in [-0.1, -0.05) is 18.2 Å². The molecule has 0 spiro atoms. The van der Waals surface area contributed by atoms with E-state index in [0.29, 0.717) is 25.5 Å². The van der Waals surface area contributed by atoms with Crippen LogP contribution >= 0.6 is 11.3 Å². The number of ether oxygens (including phenoxy) is 2. The number of hydrogen-bond donors (Lipinski definition) is 2. The maximum absolute atomic E-state index is 12.3. The molecule has 27 heavy (non-hydrogen) atoms. The Labute approximate surface area is 162 Å². The van der Waals surface area contributed by atoms with Gasteiger partial charge in [-0.3, -0.25) is 9.59 Å². The van der Waals surface area contributed by atoms with Crippen LogP contribution in [0.2, 0.25) is 0 Å². The van der Waals surface area contributed by atoms with Gasteiger partial charge in [-0.15, -0.1) is 11.3 Å². The van der Waals surface area contributed by atoms with E-state index in [1.54, 1.807) is 18.4 Å². The van der Waals surface area contributed by atoms with Crippen LogP contribution in [0.25, 0.3) is 0 Å². The lowest BCUT2D eigenvalue weighted by molar-refractivity contribution is -0.139. The summed E-state index contributed by atoms with van der Waals surface area (Å²) in [5.41, 5.74) is 0.713. The number of carbonyl (C=O) groups is 2. The zero-order valence-corrected chi connectivity index (χ0v) is 16.1. The second kappa shape index (κ2) is 9.01. The van der Waals surface area contributed by atoms with Crippen LogP contribution in [-0.4, -0.2) is 38.7 Å². The standard InChI is InChI=1S/C20H24N2O4S/c1-25-16-5-2-4-15(12-16)13-21-18(23)19(24)22-14-20(7-9-26-10-8-20)17-6-3-11-27-17/h2-6,11-12H,7-10,13-14H2,1H3,(H,21,23)(H,22,24). The highest BCUT2D eigenvalue weighted by Crippen LogP contribution is 2.36. The second-order valence-electron chi connectivity index (χ2n) is 6.59. The van der Waals surface area contributed by atoms with Crippen molar-refractivity contribution in [2.45, 2.75) is 24.8 Å². The van der Waals surface area contributed by atoms with E-state index in [-0.39, 0.29) is 12.0 Å². The van der Waals surface area contributed by atoms with Gasteiger partial charge in [0.15, 0.2) is 0 Å². The van der Waals surface area contributed by atoms with Crippen LogP contribution in [0.4, 0.5) is 0 Å². The Morgan fingerprint density at radius 3 is 2.63 bits per heavy atom. The lowest BCUT2D eigenvalue weighted by atomic mass is 9.78.